The second kappa shape index (κ2) is 5.19. The smallest absolute Gasteiger partial charge is 0.335 e. The van der Waals surface area contributed by atoms with Crippen LogP contribution in [-0.2, 0) is 4.74 Å². The Morgan fingerprint density at radius 1 is 1.11 bits per heavy atom. The molecule has 102 valence electrons. The molecule has 5 nitrogen and oxygen atoms in total. The first-order valence-electron chi connectivity index (χ1n) is 6.64. The molecule has 0 unspecified atom stereocenters. The Hall–Kier alpha value is -1.59. The molecule has 0 aromatic heterocycles. The minimum absolute atomic E-state index is 0.342. The van der Waals surface area contributed by atoms with Gasteiger partial charge in [0.05, 0.1) is 24.8 Å². The van der Waals surface area contributed by atoms with Crippen molar-refractivity contribution in [3.05, 3.63) is 29.8 Å². The van der Waals surface area contributed by atoms with Gasteiger partial charge in [0.15, 0.2) is 0 Å². The monoisotopic (exact) mass is 262 g/mol. The van der Waals surface area contributed by atoms with Crippen LogP contribution in [0.25, 0.3) is 0 Å². The van der Waals surface area contributed by atoms with Crippen molar-refractivity contribution in [2.24, 2.45) is 0 Å². The van der Waals surface area contributed by atoms with E-state index in [1.165, 1.54) is 0 Å². The van der Waals surface area contributed by atoms with Gasteiger partial charge in [-0.25, -0.2) is 4.79 Å². The van der Waals surface area contributed by atoms with Crippen molar-refractivity contribution in [2.45, 2.75) is 6.04 Å². The number of hydrogen-bond donors (Lipinski definition) is 1. The molecule has 1 N–H and O–H groups in total. The third-order valence-corrected chi connectivity index (χ3v) is 3.93. The van der Waals surface area contributed by atoms with Crippen LogP contribution in [0.15, 0.2) is 24.3 Å². The lowest BCUT2D eigenvalue weighted by Crippen LogP contribution is -2.56. The maximum Gasteiger partial charge on any atom is 0.335 e. The summed E-state index contributed by atoms with van der Waals surface area (Å²) in [5.74, 6) is -0.874. The fourth-order valence-electron chi connectivity index (χ4n) is 2.59. The molecule has 0 radical (unpaired) electrons. The van der Waals surface area contributed by atoms with Gasteiger partial charge in [-0.15, -0.1) is 0 Å². The highest BCUT2D eigenvalue weighted by molar-refractivity contribution is 5.88. The summed E-state index contributed by atoms with van der Waals surface area (Å²) in [5.41, 5.74) is 1.45. The first-order chi connectivity index (χ1) is 9.24. The van der Waals surface area contributed by atoms with E-state index in [9.17, 15) is 4.79 Å². The zero-order valence-corrected chi connectivity index (χ0v) is 10.8. The average Bonchev–Trinajstić information content (AvgIpc) is 2.38. The van der Waals surface area contributed by atoms with Crippen LogP contribution >= 0.6 is 0 Å². The van der Waals surface area contributed by atoms with E-state index >= 15 is 0 Å². The summed E-state index contributed by atoms with van der Waals surface area (Å²) in [6.45, 7) is 5.82. The van der Waals surface area contributed by atoms with Gasteiger partial charge in [0.25, 0.3) is 0 Å². The van der Waals surface area contributed by atoms with Gasteiger partial charge >= 0.3 is 5.97 Å². The summed E-state index contributed by atoms with van der Waals surface area (Å²) in [6.07, 6.45) is 0. The number of carboxylic acid groups (broad SMARTS) is 1. The molecule has 3 rings (SSSR count). The van der Waals surface area contributed by atoms with E-state index in [0.29, 0.717) is 11.6 Å². The number of rotatable bonds is 3. The highest BCUT2D eigenvalue weighted by atomic mass is 16.5. The van der Waals surface area contributed by atoms with Crippen LogP contribution < -0.4 is 4.90 Å². The summed E-state index contributed by atoms with van der Waals surface area (Å²) in [5, 5.41) is 8.88. The largest absolute Gasteiger partial charge is 0.478 e. The van der Waals surface area contributed by atoms with Crippen LogP contribution in [0.4, 0.5) is 5.69 Å². The zero-order chi connectivity index (χ0) is 13.2. The fraction of sp³-hybridized carbons (Fsp3) is 0.500. The molecule has 0 saturated carbocycles. The number of hydrogen-bond acceptors (Lipinski definition) is 4. The Labute approximate surface area is 112 Å². The normalized spacial score (nSPS) is 21.2. The van der Waals surface area contributed by atoms with Gasteiger partial charge in [-0.1, -0.05) is 0 Å². The van der Waals surface area contributed by atoms with Gasteiger partial charge < -0.3 is 14.7 Å². The van der Waals surface area contributed by atoms with E-state index in [2.05, 4.69) is 9.80 Å². The number of aromatic carboxylic acids is 1. The van der Waals surface area contributed by atoms with Crippen LogP contribution in [0.3, 0.4) is 0 Å². The lowest BCUT2D eigenvalue weighted by Gasteiger charge is -2.43. The third-order valence-electron chi connectivity index (χ3n) is 3.93. The van der Waals surface area contributed by atoms with Crippen LogP contribution in [0.1, 0.15) is 10.4 Å². The predicted octanol–water partition coefficient (Wildman–Crippen LogP) is 0.906. The summed E-state index contributed by atoms with van der Waals surface area (Å²) in [4.78, 5) is 15.6. The summed E-state index contributed by atoms with van der Waals surface area (Å²) >= 11 is 0. The molecule has 2 aliphatic heterocycles. The highest BCUT2D eigenvalue weighted by Gasteiger charge is 2.28. The average molecular weight is 262 g/mol. The number of anilines is 1. The maximum absolute atomic E-state index is 10.8. The van der Waals surface area contributed by atoms with Gasteiger partial charge in [-0.05, 0) is 24.3 Å². The molecule has 0 amide bonds. The van der Waals surface area contributed by atoms with E-state index in [1.807, 2.05) is 12.1 Å². The van der Waals surface area contributed by atoms with Crippen LogP contribution in [0.5, 0.6) is 0 Å². The molecule has 2 heterocycles. The molecule has 5 heteroatoms. The minimum Gasteiger partial charge on any atom is -0.478 e. The van der Waals surface area contributed by atoms with E-state index < -0.39 is 5.97 Å². The lowest BCUT2D eigenvalue weighted by atomic mass is 10.1. The minimum atomic E-state index is -0.874. The summed E-state index contributed by atoms with van der Waals surface area (Å²) in [7, 11) is 0. The van der Waals surface area contributed by atoms with Crippen molar-refractivity contribution in [3.8, 4) is 0 Å². The lowest BCUT2D eigenvalue weighted by molar-refractivity contribution is -0.0660. The van der Waals surface area contributed by atoms with Gasteiger partial charge in [0.2, 0.25) is 0 Å². The number of carboxylic acids is 1. The number of ether oxygens (including phenoxy) is 1. The second-order valence-corrected chi connectivity index (χ2v) is 5.07. The second-order valence-electron chi connectivity index (χ2n) is 5.07. The third kappa shape index (κ3) is 2.57. The Morgan fingerprint density at radius 3 is 2.21 bits per heavy atom. The quantitative estimate of drug-likeness (QED) is 0.877. The molecule has 0 atom stereocenters. The molecular weight excluding hydrogens is 244 g/mol. The van der Waals surface area contributed by atoms with Crippen molar-refractivity contribution in [3.63, 3.8) is 0 Å². The zero-order valence-electron chi connectivity index (χ0n) is 10.8. The molecule has 1 aromatic carbocycles. The van der Waals surface area contributed by atoms with Crippen LogP contribution in [0.2, 0.25) is 0 Å². The van der Waals surface area contributed by atoms with Crippen LogP contribution in [0, 0.1) is 0 Å². The van der Waals surface area contributed by atoms with E-state index in [-0.39, 0.29) is 0 Å². The van der Waals surface area contributed by atoms with Crippen molar-refractivity contribution >= 4 is 11.7 Å². The molecule has 1 aromatic rings. The van der Waals surface area contributed by atoms with Crippen molar-refractivity contribution in [1.82, 2.24) is 4.90 Å². The van der Waals surface area contributed by atoms with Crippen molar-refractivity contribution < 1.29 is 14.6 Å². The SMILES string of the molecule is O=C(O)c1ccc(N2CCN(C3COC3)CC2)cc1. The first kappa shape index (κ1) is 12.4. The highest BCUT2D eigenvalue weighted by Crippen LogP contribution is 2.19. The Morgan fingerprint density at radius 2 is 1.74 bits per heavy atom. The molecule has 2 aliphatic rings. The molecule has 19 heavy (non-hydrogen) atoms. The van der Waals surface area contributed by atoms with Crippen molar-refractivity contribution in [1.29, 1.82) is 0 Å². The van der Waals surface area contributed by atoms with Crippen molar-refractivity contribution in [2.75, 3.05) is 44.3 Å². The number of carbonyl (C=O) groups is 1. The number of nitrogens with zero attached hydrogens (tertiary/aromatic N) is 2. The molecule has 0 spiro atoms. The number of benzene rings is 1. The van der Waals surface area contributed by atoms with Gasteiger partial charge in [-0.2, -0.15) is 0 Å². The molecular formula is C14H18N2O3. The van der Waals surface area contributed by atoms with E-state index in [4.69, 9.17) is 9.84 Å². The summed E-state index contributed by atoms with van der Waals surface area (Å²) in [6, 6.07) is 7.74. The Kier molecular flexibility index (Phi) is 3.40. The van der Waals surface area contributed by atoms with Gasteiger partial charge in [0.1, 0.15) is 0 Å². The molecule has 2 fully saturated rings. The molecule has 0 aliphatic carbocycles. The van der Waals surface area contributed by atoms with E-state index in [0.717, 1.165) is 45.1 Å². The van der Waals surface area contributed by atoms with E-state index in [1.54, 1.807) is 12.1 Å². The van der Waals surface area contributed by atoms with Gasteiger partial charge in [0, 0.05) is 31.9 Å². The topological polar surface area (TPSA) is 53.0 Å². The Balaban J connectivity index is 1.59. The summed E-state index contributed by atoms with van der Waals surface area (Å²) < 4.78 is 5.22. The standard InChI is InChI=1S/C14H18N2O3/c17-14(18)11-1-3-12(4-2-11)15-5-7-16(8-6-15)13-9-19-10-13/h1-4,13H,5-10H2,(H,17,18). The predicted molar refractivity (Wildman–Crippen MR) is 71.8 cm³/mol. The molecule has 2 saturated heterocycles. The number of piperazine rings is 1. The van der Waals surface area contributed by atoms with Crippen LogP contribution in [-0.4, -0.2) is 61.4 Å². The Bertz CT molecular complexity index is 448. The first-order valence-corrected chi connectivity index (χ1v) is 6.64. The molecule has 0 bridgehead atoms. The fourth-order valence-corrected chi connectivity index (χ4v) is 2.59. The van der Waals surface area contributed by atoms with Gasteiger partial charge in [-0.3, -0.25) is 4.90 Å². The maximum atomic E-state index is 10.8.